The Kier molecular flexibility index (Phi) is 2.83. The molecule has 0 aliphatic carbocycles. The van der Waals surface area contributed by atoms with Gasteiger partial charge in [-0.05, 0) is 13.3 Å². The van der Waals surface area contributed by atoms with Crippen LogP contribution in [0, 0.1) is 0 Å². The average molecular weight is 143 g/mol. The Morgan fingerprint density at radius 2 is 2.50 bits per heavy atom. The second kappa shape index (κ2) is 3.68. The zero-order chi connectivity index (χ0) is 7.40. The molecule has 58 valence electrons. The molecule has 1 aliphatic heterocycles. The molecule has 0 N–H and O–H groups in total. The monoisotopic (exact) mass is 143 g/mol. The maximum Gasteiger partial charge on any atom is 0.143 e. The summed E-state index contributed by atoms with van der Waals surface area (Å²) >= 11 is 0. The fraction of sp³-hybridized carbons (Fsp3) is 0.857. The van der Waals surface area contributed by atoms with Crippen LogP contribution in [-0.2, 0) is 9.53 Å². The molecule has 0 amide bonds. The average Bonchev–Trinajstić information content (AvgIpc) is 1.88. The van der Waals surface area contributed by atoms with Crippen LogP contribution in [-0.4, -0.2) is 37.1 Å². The molecule has 0 atom stereocenters. The molecule has 0 aromatic heterocycles. The quantitative estimate of drug-likeness (QED) is 0.555. The summed E-state index contributed by atoms with van der Waals surface area (Å²) in [7, 11) is 0. The Bertz CT molecular complexity index is 119. The molecule has 3 heteroatoms. The van der Waals surface area contributed by atoms with Gasteiger partial charge >= 0.3 is 0 Å². The number of Topliss-reactive ketones (excluding diaryl/α,β-unsaturated/α-hetero) is 1. The van der Waals surface area contributed by atoms with Gasteiger partial charge in [0.2, 0.25) is 0 Å². The zero-order valence-electron chi connectivity index (χ0n) is 6.30. The second-order valence-electron chi connectivity index (χ2n) is 2.65. The molecule has 0 bridgehead atoms. The molecule has 1 heterocycles. The summed E-state index contributed by atoms with van der Waals surface area (Å²) < 4.78 is 5.16. The lowest BCUT2D eigenvalue weighted by Gasteiger charge is -2.24. The number of rotatable bonds is 2. The van der Waals surface area contributed by atoms with Crippen molar-refractivity contribution in [3.63, 3.8) is 0 Å². The van der Waals surface area contributed by atoms with Crippen molar-refractivity contribution in [3.8, 4) is 0 Å². The van der Waals surface area contributed by atoms with Gasteiger partial charge in [0.05, 0.1) is 13.3 Å². The molecule has 3 nitrogen and oxygen atoms in total. The van der Waals surface area contributed by atoms with Crippen LogP contribution in [0.4, 0.5) is 0 Å². The Balaban J connectivity index is 2.19. The highest BCUT2D eigenvalue weighted by atomic mass is 16.5. The first-order valence-electron chi connectivity index (χ1n) is 3.58. The largest absolute Gasteiger partial charge is 0.366 e. The number of carbonyl (C=O) groups excluding carboxylic acids is 1. The van der Waals surface area contributed by atoms with Crippen LogP contribution in [0.1, 0.15) is 13.3 Å². The first kappa shape index (κ1) is 7.69. The summed E-state index contributed by atoms with van der Waals surface area (Å²) in [6.07, 6.45) is 1.05. The normalized spacial score (nSPS) is 20.9. The smallest absolute Gasteiger partial charge is 0.143 e. The molecule has 0 radical (unpaired) electrons. The van der Waals surface area contributed by atoms with Crippen LogP contribution in [0.15, 0.2) is 0 Å². The predicted molar refractivity (Wildman–Crippen MR) is 37.7 cm³/mol. The number of carbonyl (C=O) groups is 1. The Labute approximate surface area is 61.0 Å². The van der Waals surface area contributed by atoms with Crippen LogP contribution in [0.3, 0.4) is 0 Å². The summed E-state index contributed by atoms with van der Waals surface area (Å²) in [5.74, 6) is 0.213. The molecule has 0 unspecified atom stereocenters. The van der Waals surface area contributed by atoms with Gasteiger partial charge in [-0.2, -0.15) is 0 Å². The molecule has 10 heavy (non-hydrogen) atoms. The molecule has 1 rings (SSSR count). The number of hydrogen-bond donors (Lipinski definition) is 0. The van der Waals surface area contributed by atoms with E-state index in [1.807, 2.05) is 4.90 Å². The van der Waals surface area contributed by atoms with Gasteiger partial charge in [0, 0.05) is 13.2 Å². The summed E-state index contributed by atoms with van der Waals surface area (Å²) in [6, 6.07) is 0. The maximum atomic E-state index is 10.6. The molecule has 1 saturated heterocycles. The highest BCUT2D eigenvalue weighted by molar-refractivity contribution is 5.77. The number of hydrogen-bond acceptors (Lipinski definition) is 3. The Morgan fingerprint density at radius 1 is 1.70 bits per heavy atom. The van der Waals surface area contributed by atoms with Crippen molar-refractivity contribution in [2.75, 3.05) is 26.4 Å². The van der Waals surface area contributed by atoms with Crippen LogP contribution in [0.25, 0.3) is 0 Å². The highest BCUT2D eigenvalue weighted by Crippen LogP contribution is 1.99. The van der Waals surface area contributed by atoms with E-state index in [9.17, 15) is 4.79 Å². The number of ether oxygens (including phenoxy) is 1. The van der Waals surface area contributed by atoms with Gasteiger partial charge in [0.25, 0.3) is 0 Å². The standard InChI is InChI=1S/C7H13NO2/c1-7(9)5-8-3-2-4-10-6-8/h2-6H2,1H3. The molecular formula is C7H13NO2. The minimum absolute atomic E-state index is 0.213. The van der Waals surface area contributed by atoms with E-state index < -0.39 is 0 Å². The number of nitrogens with zero attached hydrogens (tertiary/aromatic N) is 1. The van der Waals surface area contributed by atoms with Crippen LogP contribution < -0.4 is 0 Å². The predicted octanol–water partition coefficient (Wildman–Crippen LogP) is 0.255. The topological polar surface area (TPSA) is 29.5 Å². The first-order chi connectivity index (χ1) is 4.79. The van der Waals surface area contributed by atoms with Gasteiger partial charge in [-0.1, -0.05) is 0 Å². The Morgan fingerprint density at radius 3 is 3.00 bits per heavy atom. The van der Waals surface area contributed by atoms with E-state index in [0.29, 0.717) is 13.3 Å². The van der Waals surface area contributed by atoms with E-state index in [-0.39, 0.29) is 5.78 Å². The van der Waals surface area contributed by atoms with E-state index >= 15 is 0 Å². The third kappa shape index (κ3) is 2.45. The maximum absolute atomic E-state index is 10.6. The molecule has 0 aromatic carbocycles. The third-order valence-corrected chi connectivity index (χ3v) is 1.48. The van der Waals surface area contributed by atoms with Crippen molar-refractivity contribution in [1.29, 1.82) is 0 Å². The van der Waals surface area contributed by atoms with E-state index in [1.54, 1.807) is 6.92 Å². The summed E-state index contributed by atoms with van der Waals surface area (Å²) in [5.41, 5.74) is 0. The first-order valence-corrected chi connectivity index (χ1v) is 3.58. The molecular weight excluding hydrogens is 130 g/mol. The van der Waals surface area contributed by atoms with Crippen molar-refractivity contribution in [2.24, 2.45) is 0 Å². The van der Waals surface area contributed by atoms with Gasteiger partial charge in [0.1, 0.15) is 5.78 Å². The van der Waals surface area contributed by atoms with E-state index in [0.717, 1.165) is 19.6 Å². The van der Waals surface area contributed by atoms with E-state index in [4.69, 9.17) is 4.74 Å². The molecule has 1 aliphatic rings. The second-order valence-corrected chi connectivity index (χ2v) is 2.65. The van der Waals surface area contributed by atoms with Crippen molar-refractivity contribution < 1.29 is 9.53 Å². The fourth-order valence-corrected chi connectivity index (χ4v) is 1.09. The zero-order valence-corrected chi connectivity index (χ0v) is 6.30. The lowest BCUT2D eigenvalue weighted by Crippen LogP contribution is -2.36. The van der Waals surface area contributed by atoms with Gasteiger partial charge in [-0.25, -0.2) is 0 Å². The minimum Gasteiger partial charge on any atom is -0.366 e. The highest BCUT2D eigenvalue weighted by Gasteiger charge is 2.10. The molecule has 0 aromatic rings. The van der Waals surface area contributed by atoms with Crippen molar-refractivity contribution >= 4 is 5.78 Å². The molecule has 0 spiro atoms. The van der Waals surface area contributed by atoms with E-state index in [2.05, 4.69) is 0 Å². The SMILES string of the molecule is CC(=O)CN1CCCOC1. The van der Waals surface area contributed by atoms with Gasteiger partial charge < -0.3 is 4.74 Å². The summed E-state index contributed by atoms with van der Waals surface area (Å²) in [6.45, 7) is 4.61. The van der Waals surface area contributed by atoms with Crippen LogP contribution >= 0.6 is 0 Å². The number of ketones is 1. The van der Waals surface area contributed by atoms with E-state index in [1.165, 1.54) is 0 Å². The lowest BCUT2D eigenvalue weighted by molar-refractivity contribution is -0.120. The van der Waals surface area contributed by atoms with Crippen LogP contribution in [0.5, 0.6) is 0 Å². The molecule has 1 fully saturated rings. The van der Waals surface area contributed by atoms with Crippen molar-refractivity contribution in [1.82, 2.24) is 4.90 Å². The lowest BCUT2D eigenvalue weighted by atomic mass is 10.3. The van der Waals surface area contributed by atoms with Gasteiger partial charge in [0.15, 0.2) is 0 Å². The summed E-state index contributed by atoms with van der Waals surface area (Å²) in [5, 5.41) is 0. The van der Waals surface area contributed by atoms with Crippen LogP contribution in [0.2, 0.25) is 0 Å². The van der Waals surface area contributed by atoms with Crippen molar-refractivity contribution in [3.05, 3.63) is 0 Å². The van der Waals surface area contributed by atoms with Crippen molar-refractivity contribution in [2.45, 2.75) is 13.3 Å². The third-order valence-electron chi connectivity index (χ3n) is 1.48. The Hall–Kier alpha value is -0.410. The molecule has 0 saturated carbocycles. The van der Waals surface area contributed by atoms with Gasteiger partial charge in [-0.3, -0.25) is 9.69 Å². The summed E-state index contributed by atoms with van der Waals surface area (Å²) in [4.78, 5) is 12.6. The van der Waals surface area contributed by atoms with Gasteiger partial charge in [-0.15, -0.1) is 0 Å². The minimum atomic E-state index is 0.213. The fourth-order valence-electron chi connectivity index (χ4n) is 1.09.